The number of carbonyl (C=O) groups excluding carboxylic acids is 2. The van der Waals surface area contributed by atoms with Gasteiger partial charge in [-0.2, -0.15) is 4.98 Å². The summed E-state index contributed by atoms with van der Waals surface area (Å²) in [6.07, 6.45) is 0. The molecular weight excluding hydrogens is 426 g/mol. The summed E-state index contributed by atoms with van der Waals surface area (Å²) in [5.74, 6) is -1.19. The number of nitrogens with one attached hydrogen (secondary N) is 1. The van der Waals surface area contributed by atoms with Gasteiger partial charge in [0.25, 0.3) is 5.91 Å². The van der Waals surface area contributed by atoms with Crippen molar-refractivity contribution in [3.63, 3.8) is 0 Å². The Kier molecular flexibility index (Phi) is 5.25. The van der Waals surface area contributed by atoms with E-state index in [2.05, 4.69) is 15.5 Å². The molecule has 3 amide bonds. The number of imide groups is 1. The maximum atomic E-state index is 14.3. The third kappa shape index (κ3) is 3.51. The van der Waals surface area contributed by atoms with Crippen LogP contribution in [0.25, 0.3) is 11.4 Å². The summed E-state index contributed by atoms with van der Waals surface area (Å²) >= 11 is 0. The Morgan fingerprint density at radius 2 is 1.84 bits per heavy atom. The predicted octanol–water partition coefficient (Wildman–Crippen LogP) is 3.00. The lowest BCUT2D eigenvalue weighted by Crippen LogP contribution is -2.41. The number of methoxy groups -OCH3 is 2. The SMILES string of the molecule is COc1ccc(-c2noc(CN3C(=O)N[C@@](C)(c4cc(F)ccc4F)C3=O)n2)cc1OC. The van der Waals surface area contributed by atoms with Gasteiger partial charge in [-0.1, -0.05) is 5.16 Å². The van der Waals surface area contributed by atoms with Crippen molar-refractivity contribution in [2.45, 2.75) is 19.0 Å². The van der Waals surface area contributed by atoms with Gasteiger partial charge < -0.3 is 19.3 Å². The molecule has 0 saturated carbocycles. The third-order valence-corrected chi connectivity index (χ3v) is 5.15. The Labute approximate surface area is 180 Å². The Hall–Kier alpha value is -4.02. The van der Waals surface area contributed by atoms with Crippen molar-refractivity contribution in [3.05, 3.63) is 59.5 Å². The lowest BCUT2D eigenvalue weighted by atomic mass is 9.91. The predicted molar refractivity (Wildman–Crippen MR) is 106 cm³/mol. The molecule has 0 radical (unpaired) electrons. The average Bonchev–Trinajstić information content (AvgIpc) is 3.34. The topological polar surface area (TPSA) is 107 Å². The van der Waals surface area contributed by atoms with E-state index in [1.54, 1.807) is 18.2 Å². The molecule has 1 atom stereocenters. The van der Waals surface area contributed by atoms with Gasteiger partial charge >= 0.3 is 6.03 Å². The van der Waals surface area contributed by atoms with Crippen LogP contribution >= 0.6 is 0 Å². The van der Waals surface area contributed by atoms with E-state index in [0.29, 0.717) is 17.1 Å². The van der Waals surface area contributed by atoms with Crippen molar-refractivity contribution >= 4 is 11.9 Å². The number of ether oxygens (including phenoxy) is 2. The first-order valence-corrected chi connectivity index (χ1v) is 9.41. The molecule has 1 N–H and O–H groups in total. The summed E-state index contributed by atoms with van der Waals surface area (Å²) in [5.41, 5.74) is -1.51. The standard InChI is InChI=1S/C21H18F2N4O5/c1-21(13-9-12(22)5-6-14(13)23)19(28)27(20(29)25-21)10-17-24-18(26-32-17)11-4-7-15(30-2)16(8-11)31-3/h4-9H,10H2,1-3H3,(H,25,29)/t21-/m0/s1. The minimum absolute atomic E-state index is 0.0257. The second-order valence-electron chi connectivity index (χ2n) is 7.15. The van der Waals surface area contributed by atoms with Crippen LogP contribution in [0.1, 0.15) is 18.4 Å². The number of carbonyl (C=O) groups is 2. The molecule has 32 heavy (non-hydrogen) atoms. The average molecular weight is 444 g/mol. The molecule has 1 fully saturated rings. The summed E-state index contributed by atoms with van der Waals surface area (Å²) in [6, 6.07) is 6.89. The second-order valence-corrected chi connectivity index (χ2v) is 7.15. The Bertz CT molecular complexity index is 1210. The maximum Gasteiger partial charge on any atom is 0.325 e. The summed E-state index contributed by atoms with van der Waals surface area (Å²) in [4.78, 5) is 30.4. The molecule has 1 saturated heterocycles. The lowest BCUT2D eigenvalue weighted by Gasteiger charge is -2.22. The molecule has 1 aliphatic rings. The molecule has 2 aromatic carbocycles. The summed E-state index contributed by atoms with van der Waals surface area (Å²) in [6.45, 7) is 0.950. The van der Waals surface area contributed by atoms with Crippen LogP contribution in [0.5, 0.6) is 11.5 Å². The van der Waals surface area contributed by atoms with Gasteiger partial charge in [0.15, 0.2) is 11.5 Å². The zero-order valence-electron chi connectivity index (χ0n) is 17.3. The fourth-order valence-electron chi connectivity index (χ4n) is 3.45. The first-order chi connectivity index (χ1) is 15.3. The van der Waals surface area contributed by atoms with Crippen LogP contribution in [0.2, 0.25) is 0 Å². The van der Waals surface area contributed by atoms with Crippen LogP contribution in [-0.4, -0.2) is 41.2 Å². The fraction of sp³-hybridized carbons (Fsp3) is 0.238. The number of nitrogens with zero attached hydrogens (tertiary/aromatic N) is 3. The van der Waals surface area contributed by atoms with Crippen LogP contribution < -0.4 is 14.8 Å². The van der Waals surface area contributed by atoms with E-state index in [4.69, 9.17) is 14.0 Å². The highest BCUT2D eigenvalue weighted by atomic mass is 19.1. The van der Waals surface area contributed by atoms with Crippen LogP contribution in [-0.2, 0) is 16.9 Å². The minimum atomic E-state index is -1.78. The number of amides is 3. The molecule has 1 aromatic heterocycles. The fourth-order valence-corrected chi connectivity index (χ4v) is 3.45. The van der Waals surface area contributed by atoms with Gasteiger partial charge in [0.2, 0.25) is 11.7 Å². The van der Waals surface area contributed by atoms with E-state index < -0.39 is 29.1 Å². The van der Waals surface area contributed by atoms with E-state index in [0.717, 1.165) is 23.1 Å². The van der Waals surface area contributed by atoms with Crippen LogP contribution in [0.3, 0.4) is 0 Å². The number of hydrogen-bond acceptors (Lipinski definition) is 7. The second kappa shape index (κ2) is 7.91. The van der Waals surface area contributed by atoms with Crippen LogP contribution in [0.4, 0.5) is 13.6 Å². The highest BCUT2D eigenvalue weighted by Crippen LogP contribution is 2.33. The molecule has 0 spiro atoms. The Morgan fingerprint density at radius 1 is 1.09 bits per heavy atom. The number of urea groups is 1. The van der Waals surface area contributed by atoms with Gasteiger partial charge in [-0.25, -0.2) is 13.6 Å². The van der Waals surface area contributed by atoms with Crippen LogP contribution in [0, 0.1) is 11.6 Å². The van der Waals surface area contributed by atoms with E-state index in [9.17, 15) is 18.4 Å². The van der Waals surface area contributed by atoms with Gasteiger partial charge in [0.1, 0.15) is 23.7 Å². The van der Waals surface area contributed by atoms with E-state index >= 15 is 0 Å². The third-order valence-electron chi connectivity index (χ3n) is 5.15. The summed E-state index contributed by atoms with van der Waals surface area (Å²) < 4.78 is 43.6. The molecule has 1 aliphatic heterocycles. The van der Waals surface area contributed by atoms with Gasteiger partial charge in [-0.05, 0) is 43.3 Å². The van der Waals surface area contributed by atoms with Gasteiger partial charge in [-0.3, -0.25) is 9.69 Å². The van der Waals surface area contributed by atoms with E-state index in [-0.39, 0.29) is 23.8 Å². The van der Waals surface area contributed by atoms with Gasteiger partial charge in [0.05, 0.1) is 14.2 Å². The van der Waals surface area contributed by atoms with Crippen LogP contribution in [0.15, 0.2) is 40.9 Å². The number of aromatic nitrogens is 2. The van der Waals surface area contributed by atoms with E-state index in [1.807, 2.05) is 0 Å². The summed E-state index contributed by atoms with van der Waals surface area (Å²) in [5, 5.41) is 6.28. The number of benzene rings is 2. The zero-order valence-corrected chi connectivity index (χ0v) is 17.3. The maximum absolute atomic E-state index is 14.3. The Morgan fingerprint density at radius 3 is 2.56 bits per heavy atom. The number of rotatable bonds is 6. The van der Waals surface area contributed by atoms with Crippen molar-refractivity contribution in [1.29, 1.82) is 0 Å². The van der Waals surface area contributed by atoms with Gasteiger partial charge in [0, 0.05) is 11.1 Å². The molecule has 0 bridgehead atoms. The normalized spacial score (nSPS) is 18.1. The quantitative estimate of drug-likeness (QED) is 0.583. The monoisotopic (exact) mass is 444 g/mol. The van der Waals surface area contributed by atoms with Crippen molar-refractivity contribution in [1.82, 2.24) is 20.4 Å². The summed E-state index contributed by atoms with van der Waals surface area (Å²) in [7, 11) is 2.99. The molecule has 166 valence electrons. The smallest absolute Gasteiger partial charge is 0.325 e. The van der Waals surface area contributed by atoms with Crippen molar-refractivity contribution in [2.75, 3.05) is 14.2 Å². The largest absolute Gasteiger partial charge is 0.493 e. The molecule has 11 heteroatoms. The highest BCUT2D eigenvalue weighted by molar-refractivity contribution is 6.07. The lowest BCUT2D eigenvalue weighted by molar-refractivity contribution is -0.131. The molecule has 9 nitrogen and oxygen atoms in total. The molecule has 3 aromatic rings. The minimum Gasteiger partial charge on any atom is -0.493 e. The molecule has 4 rings (SSSR count). The molecule has 0 aliphatic carbocycles. The molecular formula is C21H18F2N4O5. The highest BCUT2D eigenvalue weighted by Gasteiger charge is 2.50. The van der Waals surface area contributed by atoms with Crippen molar-refractivity contribution in [2.24, 2.45) is 0 Å². The Balaban J connectivity index is 1.58. The molecule has 2 heterocycles. The first-order valence-electron chi connectivity index (χ1n) is 9.41. The zero-order chi connectivity index (χ0) is 23.0. The van der Waals surface area contributed by atoms with Crippen molar-refractivity contribution < 1.29 is 32.4 Å². The number of halogens is 2. The van der Waals surface area contributed by atoms with Gasteiger partial charge in [-0.15, -0.1) is 0 Å². The van der Waals surface area contributed by atoms with E-state index in [1.165, 1.54) is 21.1 Å². The first kappa shape index (κ1) is 21.2. The number of hydrogen-bond donors (Lipinski definition) is 1. The van der Waals surface area contributed by atoms with Crippen molar-refractivity contribution in [3.8, 4) is 22.9 Å². The molecule has 0 unspecified atom stereocenters.